The first-order valence-electron chi connectivity index (χ1n) is 4.62. The quantitative estimate of drug-likeness (QED) is 0.824. The van der Waals surface area contributed by atoms with E-state index in [-0.39, 0.29) is 6.42 Å². The van der Waals surface area contributed by atoms with Crippen LogP contribution in [0.2, 0.25) is 0 Å². The van der Waals surface area contributed by atoms with E-state index in [2.05, 4.69) is 4.98 Å². The molecule has 0 radical (unpaired) electrons. The zero-order valence-corrected chi connectivity index (χ0v) is 9.11. The lowest BCUT2D eigenvalue weighted by atomic mass is 10.2. The third-order valence-corrected chi connectivity index (χ3v) is 2.92. The van der Waals surface area contributed by atoms with Crippen LogP contribution in [0.25, 0.3) is 10.8 Å². The SMILES string of the molecule is NC(=O)C(O)Cc1csc(-c2ccco2)n1. The van der Waals surface area contributed by atoms with Gasteiger partial charge in [0.1, 0.15) is 6.10 Å². The fraction of sp³-hybridized carbons (Fsp3) is 0.200. The van der Waals surface area contributed by atoms with E-state index in [4.69, 9.17) is 10.2 Å². The van der Waals surface area contributed by atoms with E-state index in [0.717, 1.165) is 5.01 Å². The molecule has 0 aliphatic carbocycles. The molecule has 2 rings (SSSR count). The molecule has 0 fully saturated rings. The summed E-state index contributed by atoms with van der Waals surface area (Å²) in [7, 11) is 0. The molecule has 6 heteroatoms. The maximum Gasteiger partial charge on any atom is 0.246 e. The molecule has 1 amide bonds. The summed E-state index contributed by atoms with van der Waals surface area (Å²) in [5, 5.41) is 11.8. The van der Waals surface area contributed by atoms with E-state index in [1.165, 1.54) is 11.3 Å². The van der Waals surface area contributed by atoms with Crippen molar-refractivity contribution in [3.8, 4) is 10.8 Å². The average Bonchev–Trinajstić information content (AvgIpc) is 2.85. The molecule has 0 saturated carbocycles. The number of carbonyl (C=O) groups excluding carboxylic acids is 1. The minimum Gasteiger partial charge on any atom is -0.462 e. The number of aliphatic hydroxyl groups excluding tert-OH is 1. The monoisotopic (exact) mass is 238 g/mol. The van der Waals surface area contributed by atoms with Crippen LogP contribution in [0.5, 0.6) is 0 Å². The lowest BCUT2D eigenvalue weighted by Crippen LogP contribution is -2.30. The van der Waals surface area contributed by atoms with Gasteiger partial charge in [-0.3, -0.25) is 4.79 Å². The predicted molar refractivity (Wildman–Crippen MR) is 58.7 cm³/mol. The van der Waals surface area contributed by atoms with E-state index in [0.29, 0.717) is 11.5 Å². The number of aliphatic hydroxyl groups is 1. The molecule has 16 heavy (non-hydrogen) atoms. The van der Waals surface area contributed by atoms with Gasteiger partial charge in [0, 0.05) is 11.8 Å². The van der Waals surface area contributed by atoms with Crippen LogP contribution in [-0.2, 0) is 11.2 Å². The van der Waals surface area contributed by atoms with E-state index in [9.17, 15) is 9.90 Å². The van der Waals surface area contributed by atoms with Crippen LogP contribution in [0.3, 0.4) is 0 Å². The highest BCUT2D eigenvalue weighted by Gasteiger charge is 2.14. The number of thiazole rings is 1. The summed E-state index contributed by atoms with van der Waals surface area (Å²) < 4.78 is 5.18. The van der Waals surface area contributed by atoms with Crippen LogP contribution in [0.1, 0.15) is 5.69 Å². The smallest absolute Gasteiger partial charge is 0.246 e. The van der Waals surface area contributed by atoms with Crippen LogP contribution in [0, 0.1) is 0 Å². The number of hydrogen-bond donors (Lipinski definition) is 2. The fourth-order valence-electron chi connectivity index (χ4n) is 1.21. The van der Waals surface area contributed by atoms with Gasteiger partial charge in [-0.25, -0.2) is 4.98 Å². The van der Waals surface area contributed by atoms with Crippen LogP contribution in [0.4, 0.5) is 0 Å². The molecule has 2 heterocycles. The summed E-state index contributed by atoms with van der Waals surface area (Å²) in [5.74, 6) is -0.0719. The van der Waals surface area contributed by atoms with Crippen LogP contribution in [0.15, 0.2) is 28.2 Å². The molecule has 2 aromatic heterocycles. The van der Waals surface area contributed by atoms with Crippen molar-refractivity contribution in [1.82, 2.24) is 4.98 Å². The van der Waals surface area contributed by atoms with Gasteiger partial charge in [0.25, 0.3) is 0 Å². The number of hydrogen-bond acceptors (Lipinski definition) is 5. The Morgan fingerprint density at radius 1 is 1.69 bits per heavy atom. The number of rotatable bonds is 4. The molecule has 0 aliphatic rings. The summed E-state index contributed by atoms with van der Waals surface area (Å²) in [4.78, 5) is 14.9. The van der Waals surface area contributed by atoms with E-state index < -0.39 is 12.0 Å². The van der Waals surface area contributed by atoms with Gasteiger partial charge < -0.3 is 15.3 Å². The maximum absolute atomic E-state index is 10.7. The van der Waals surface area contributed by atoms with Gasteiger partial charge in [-0.15, -0.1) is 11.3 Å². The third-order valence-electron chi connectivity index (χ3n) is 2.01. The Hall–Kier alpha value is -1.66. The Morgan fingerprint density at radius 2 is 2.50 bits per heavy atom. The molecule has 84 valence electrons. The maximum atomic E-state index is 10.7. The number of amides is 1. The first-order chi connectivity index (χ1) is 7.66. The van der Waals surface area contributed by atoms with Crippen molar-refractivity contribution in [3.05, 3.63) is 29.5 Å². The predicted octanol–water partition coefficient (Wildman–Crippen LogP) is 0.792. The average molecular weight is 238 g/mol. The lowest BCUT2D eigenvalue weighted by molar-refractivity contribution is -0.125. The second-order valence-corrected chi connectivity index (χ2v) is 4.10. The molecule has 0 spiro atoms. The molecule has 2 aromatic rings. The topological polar surface area (TPSA) is 89.4 Å². The second-order valence-electron chi connectivity index (χ2n) is 3.24. The molecule has 0 aliphatic heterocycles. The minimum absolute atomic E-state index is 0.131. The van der Waals surface area contributed by atoms with Crippen molar-refractivity contribution >= 4 is 17.2 Å². The van der Waals surface area contributed by atoms with E-state index in [1.54, 1.807) is 23.8 Å². The fourth-order valence-corrected chi connectivity index (χ4v) is 2.01. The molecule has 1 unspecified atom stereocenters. The Balaban J connectivity index is 2.11. The lowest BCUT2D eigenvalue weighted by Gasteiger charge is -2.02. The molecular formula is C10H10N2O3S. The number of primary amides is 1. The number of carbonyl (C=O) groups is 1. The Bertz CT molecular complexity index is 478. The van der Waals surface area contributed by atoms with Gasteiger partial charge in [-0.1, -0.05) is 0 Å². The highest BCUT2D eigenvalue weighted by molar-refractivity contribution is 7.13. The molecule has 3 N–H and O–H groups in total. The van der Waals surface area contributed by atoms with Crippen molar-refractivity contribution < 1.29 is 14.3 Å². The normalized spacial score (nSPS) is 12.6. The Morgan fingerprint density at radius 3 is 3.12 bits per heavy atom. The van der Waals surface area contributed by atoms with Gasteiger partial charge in [-0.2, -0.15) is 0 Å². The minimum atomic E-state index is -1.19. The van der Waals surface area contributed by atoms with Gasteiger partial charge >= 0.3 is 0 Å². The van der Waals surface area contributed by atoms with Crippen molar-refractivity contribution in [1.29, 1.82) is 0 Å². The van der Waals surface area contributed by atoms with E-state index >= 15 is 0 Å². The van der Waals surface area contributed by atoms with Crippen LogP contribution in [-0.4, -0.2) is 22.1 Å². The Kier molecular flexibility index (Phi) is 3.02. The summed E-state index contributed by atoms with van der Waals surface area (Å²) in [6.07, 6.45) is 0.507. The molecule has 5 nitrogen and oxygen atoms in total. The van der Waals surface area contributed by atoms with Gasteiger partial charge in [-0.05, 0) is 12.1 Å². The molecule has 1 atom stereocenters. The molecule has 0 aromatic carbocycles. The summed E-state index contributed by atoms with van der Waals surface area (Å²) in [6.45, 7) is 0. The number of furan rings is 1. The summed E-state index contributed by atoms with van der Waals surface area (Å²) in [5.41, 5.74) is 5.58. The van der Waals surface area contributed by atoms with Gasteiger partial charge in [0.2, 0.25) is 5.91 Å². The van der Waals surface area contributed by atoms with Crippen LogP contribution < -0.4 is 5.73 Å². The van der Waals surface area contributed by atoms with Crippen molar-refractivity contribution in [2.24, 2.45) is 5.73 Å². The zero-order chi connectivity index (χ0) is 11.5. The molecule has 0 saturated heterocycles. The third kappa shape index (κ3) is 2.29. The number of nitrogens with zero attached hydrogens (tertiary/aromatic N) is 1. The molecular weight excluding hydrogens is 228 g/mol. The highest BCUT2D eigenvalue weighted by atomic mass is 32.1. The summed E-state index contributed by atoms with van der Waals surface area (Å²) in [6, 6.07) is 3.57. The van der Waals surface area contributed by atoms with Gasteiger partial charge in [0.15, 0.2) is 10.8 Å². The Labute approximate surface area is 95.5 Å². The standard InChI is InChI=1S/C10H10N2O3S/c11-9(14)7(13)4-6-5-16-10(12-6)8-2-1-3-15-8/h1-3,5,7,13H,4H2,(H2,11,14). The number of aromatic nitrogens is 1. The molecule has 0 bridgehead atoms. The first kappa shape index (κ1) is 10.8. The summed E-state index contributed by atoms with van der Waals surface area (Å²) >= 11 is 1.39. The zero-order valence-electron chi connectivity index (χ0n) is 8.29. The van der Waals surface area contributed by atoms with Crippen molar-refractivity contribution in [2.45, 2.75) is 12.5 Å². The van der Waals surface area contributed by atoms with Crippen molar-refractivity contribution in [2.75, 3.05) is 0 Å². The van der Waals surface area contributed by atoms with E-state index in [1.807, 2.05) is 0 Å². The highest BCUT2D eigenvalue weighted by Crippen LogP contribution is 2.24. The number of nitrogens with two attached hydrogens (primary N) is 1. The van der Waals surface area contributed by atoms with Crippen molar-refractivity contribution in [3.63, 3.8) is 0 Å². The van der Waals surface area contributed by atoms with Crippen LogP contribution >= 0.6 is 11.3 Å². The second kappa shape index (κ2) is 4.46. The largest absolute Gasteiger partial charge is 0.462 e. The van der Waals surface area contributed by atoms with Gasteiger partial charge in [0.05, 0.1) is 12.0 Å². The first-order valence-corrected chi connectivity index (χ1v) is 5.50.